The molecule has 0 aromatic heterocycles. The number of nitrogens with one attached hydrogen (secondary N) is 1. The molecule has 15 heavy (non-hydrogen) atoms. The number of benzene rings is 1. The van der Waals surface area contributed by atoms with E-state index >= 15 is 0 Å². The third-order valence-corrected chi connectivity index (χ3v) is 2.45. The number of hydrogen-bond acceptors (Lipinski definition) is 3. The molecule has 3 nitrogen and oxygen atoms in total. The Kier molecular flexibility index (Phi) is 4.59. The number of methoxy groups -OCH3 is 1. The molecule has 0 aliphatic rings. The summed E-state index contributed by atoms with van der Waals surface area (Å²) >= 11 is 0. The van der Waals surface area contributed by atoms with Crippen LogP contribution in [0.4, 0.5) is 0 Å². The van der Waals surface area contributed by atoms with Gasteiger partial charge in [0.25, 0.3) is 0 Å². The number of rotatable bonds is 5. The fraction of sp³-hybridized carbons (Fsp3) is 0.500. The molecule has 1 aromatic carbocycles. The van der Waals surface area contributed by atoms with Crippen molar-refractivity contribution in [2.24, 2.45) is 0 Å². The van der Waals surface area contributed by atoms with Crippen molar-refractivity contribution in [2.75, 3.05) is 20.3 Å². The van der Waals surface area contributed by atoms with Gasteiger partial charge in [0.05, 0.1) is 19.8 Å². The third kappa shape index (κ3) is 2.94. The second-order valence-electron chi connectivity index (χ2n) is 3.52. The van der Waals surface area contributed by atoms with Gasteiger partial charge >= 0.3 is 0 Å². The summed E-state index contributed by atoms with van der Waals surface area (Å²) in [5.74, 6) is 0.881. The summed E-state index contributed by atoms with van der Waals surface area (Å²) in [5, 5.41) is 12.5. The van der Waals surface area contributed by atoms with E-state index in [1.54, 1.807) is 7.11 Å². The molecule has 0 bridgehead atoms. The smallest absolute Gasteiger partial charge is 0.121 e. The number of aliphatic hydroxyl groups excluding tert-OH is 1. The molecular weight excluding hydrogens is 190 g/mol. The van der Waals surface area contributed by atoms with Crippen LogP contribution in [0.15, 0.2) is 18.2 Å². The van der Waals surface area contributed by atoms with E-state index in [0.29, 0.717) is 0 Å². The van der Waals surface area contributed by atoms with Crippen LogP contribution in [0.5, 0.6) is 5.75 Å². The second-order valence-corrected chi connectivity index (χ2v) is 3.52. The molecule has 0 radical (unpaired) electrons. The van der Waals surface area contributed by atoms with Crippen LogP contribution in [-0.4, -0.2) is 25.4 Å². The van der Waals surface area contributed by atoms with Gasteiger partial charge in [0, 0.05) is 0 Å². The second kappa shape index (κ2) is 5.73. The Hall–Kier alpha value is -1.06. The first-order valence-electron chi connectivity index (χ1n) is 5.21. The molecule has 1 rings (SSSR count). The zero-order valence-electron chi connectivity index (χ0n) is 9.58. The van der Waals surface area contributed by atoms with Crippen molar-refractivity contribution in [2.45, 2.75) is 19.9 Å². The summed E-state index contributed by atoms with van der Waals surface area (Å²) in [6.45, 7) is 4.98. The standard InChI is InChI=1S/C12H19NO2/c1-4-13-11(8-14)10-5-6-12(15-3)9(2)7-10/h5-7,11,13-14H,4,8H2,1-3H3. The van der Waals surface area contributed by atoms with Gasteiger partial charge in [0.2, 0.25) is 0 Å². The summed E-state index contributed by atoms with van der Waals surface area (Å²) in [6.07, 6.45) is 0. The highest BCUT2D eigenvalue weighted by molar-refractivity contribution is 5.37. The molecule has 0 amide bonds. The summed E-state index contributed by atoms with van der Waals surface area (Å²) in [4.78, 5) is 0. The van der Waals surface area contributed by atoms with Crippen molar-refractivity contribution in [1.29, 1.82) is 0 Å². The Morgan fingerprint density at radius 3 is 2.67 bits per heavy atom. The van der Waals surface area contributed by atoms with Gasteiger partial charge in [0.15, 0.2) is 0 Å². The normalized spacial score (nSPS) is 12.5. The molecule has 0 saturated carbocycles. The summed E-state index contributed by atoms with van der Waals surface area (Å²) < 4.78 is 5.19. The van der Waals surface area contributed by atoms with Crippen molar-refractivity contribution in [1.82, 2.24) is 5.32 Å². The van der Waals surface area contributed by atoms with Crippen LogP contribution in [0, 0.1) is 6.92 Å². The summed E-state index contributed by atoms with van der Waals surface area (Å²) in [7, 11) is 1.66. The molecule has 0 spiro atoms. The predicted molar refractivity (Wildman–Crippen MR) is 61.2 cm³/mol. The molecule has 1 aromatic rings. The third-order valence-electron chi connectivity index (χ3n) is 2.45. The number of likely N-dealkylation sites (N-methyl/N-ethyl adjacent to an activating group) is 1. The van der Waals surface area contributed by atoms with Crippen LogP contribution < -0.4 is 10.1 Å². The lowest BCUT2D eigenvalue weighted by molar-refractivity contribution is 0.246. The Labute approximate surface area is 91.1 Å². The molecule has 1 unspecified atom stereocenters. The minimum Gasteiger partial charge on any atom is -0.496 e. The Morgan fingerprint density at radius 1 is 1.47 bits per heavy atom. The summed E-state index contributed by atoms with van der Waals surface area (Å²) in [5.41, 5.74) is 2.18. The van der Waals surface area contributed by atoms with Crippen LogP contribution in [-0.2, 0) is 0 Å². The Balaban J connectivity index is 2.89. The highest BCUT2D eigenvalue weighted by atomic mass is 16.5. The topological polar surface area (TPSA) is 41.5 Å². The van der Waals surface area contributed by atoms with Gasteiger partial charge in [-0.05, 0) is 30.7 Å². The van der Waals surface area contributed by atoms with E-state index in [4.69, 9.17) is 4.74 Å². The van der Waals surface area contributed by atoms with Crippen LogP contribution >= 0.6 is 0 Å². The maximum atomic E-state index is 9.23. The highest BCUT2D eigenvalue weighted by Crippen LogP contribution is 2.22. The quantitative estimate of drug-likeness (QED) is 0.774. The fourth-order valence-electron chi connectivity index (χ4n) is 1.65. The van der Waals surface area contributed by atoms with E-state index in [1.807, 2.05) is 32.0 Å². The Morgan fingerprint density at radius 2 is 2.20 bits per heavy atom. The molecule has 0 aliphatic heterocycles. The van der Waals surface area contributed by atoms with Crippen molar-refractivity contribution < 1.29 is 9.84 Å². The zero-order chi connectivity index (χ0) is 11.3. The van der Waals surface area contributed by atoms with Crippen molar-refractivity contribution in [3.05, 3.63) is 29.3 Å². The molecule has 84 valence electrons. The van der Waals surface area contributed by atoms with Gasteiger partial charge in [-0.2, -0.15) is 0 Å². The van der Waals surface area contributed by atoms with Crippen LogP contribution in [0.25, 0.3) is 0 Å². The lowest BCUT2D eigenvalue weighted by Gasteiger charge is -2.16. The lowest BCUT2D eigenvalue weighted by atomic mass is 10.0. The van der Waals surface area contributed by atoms with E-state index in [0.717, 1.165) is 23.4 Å². The molecule has 0 fully saturated rings. The van der Waals surface area contributed by atoms with E-state index in [2.05, 4.69) is 5.32 Å². The minimum absolute atomic E-state index is 0.0135. The maximum Gasteiger partial charge on any atom is 0.121 e. The van der Waals surface area contributed by atoms with Crippen LogP contribution in [0.3, 0.4) is 0 Å². The number of aliphatic hydroxyl groups is 1. The summed E-state index contributed by atoms with van der Waals surface area (Å²) in [6, 6.07) is 5.97. The Bertz CT molecular complexity index is 312. The van der Waals surface area contributed by atoms with E-state index in [1.165, 1.54) is 0 Å². The van der Waals surface area contributed by atoms with Gasteiger partial charge in [-0.1, -0.05) is 19.1 Å². The average molecular weight is 209 g/mol. The van der Waals surface area contributed by atoms with Gasteiger partial charge in [0.1, 0.15) is 5.75 Å². The average Bonchev–Trinajstić information content (AvgIpc) is 2.25. The first-order chi connectivity index (χ1) is 7.22. The first-order valence-corrected chi connectivity index (χ1v) is 5.21. The van der Waals surface area contributed by atoms with Crippen molar-refractivity contribution >= 4 is 0 Å². The molecule has 2 N–H and O–H groups in total. The van der Waals surface area contributed by atoms with E-state index < -0.39 is 0 Å². The van der Waals surface area contributed by atoms with Gasteiger partial charge in [-0.25, -0.2) is 0 Å². The molecule has 1 atom stereocenters. The largest absolute Gasteiger partial charge is 0.496 e. The first kappa shape index (κ1) is 12.0. The molecular formula is C12H19NO2. The lowest BCUT2D eigenvalue weighted by Crippen LogP contribution is -2.23. The van der Waals surface area contributed by atoms with E-state index in [-0.39, 0.29) is 12.6 Å². The number of hydrogen-bond donors (Lipinski definition) is 2. The minimum atomic E-state index is 0.0135. The van der Waals surface area contributed by atoms with E-state index in [9.17, 15) is 5.11 Å². The molecule has 0 aliphatic carbocycles. The highest BCUT2D eigenvalue weighted by Gasteiger charge is 2.09. The van der Waals surface area contributed by atoms with Crippen molar-refractivity contribution in [3.63, 3.8) is 0 Å². The predicted octanol–water partition coefficient (Wildman–Crippen LogP) is 1.65. The molecule has 0 saturated heterocycles. The van der Waals surface area contributed by atoms with Crippen LogP contribution in [0.2, 0.25) is 0 Å². The number of ether oxygens (including phenoxy) is 1. The maximum absolute atomic E-state index is 9.23. The SMILES string of the molecule is CCNC(CO)c1ccc(OC)c(C)c1. The van der Waals surface area contributed by atoms with Gasteiger partial charge in [-0.15, -0.1) is 0 Å². The molecule has 3 heteroatoms. The fourth-order valence-corrected chi connectivity index (χ4v) is 1.65. The number of aryl methyl sites for hydroxylation is 1. The zero-order valence-corrected chi connectivity index (χ0v) is 9.58. The van der Waals surface area contributed by atoms with Crippen molar-refractivity contribution in [3.8, 4) is 5.75 Å². The van der Waals surface area contributed by atoms with Gasteiger partial charge < -0.3 is 15.2 Å². The van der Waals surface area contributed by atoms with Gasteiger partial charge in [-0.3, -0.25) is 0 Å². The monoisotopic (exact) mass is 209 g/mol. The molecule has 0 heterocycles. The van der Waals surface area contributed by atoms with Crippen LogP contribution in [0.1, 0.15) is 24.1 Å².